The highest BCUT2D eigenvalue weighted by Gasteiger charge is 2.28. The van der Waals surface area contributed by atoms with Crippen molar-refractivity contribution in [2.45, 2.75) is 19.4 Å². The zero-order valence-corrected chi connectivity index (χ0v) is 15.5. The lowest BCUT2D eigenvalue weighted by molar-refractivity contribution is 0.0238. The van der Waals surface area contributed by atoms with Gasteiger partial charge in [0.25, 0.3) is 0 Å². The Kier molecular flexibility index (Phi) is 4.96. The topological polar surface area (TPSA) is 37.5 Å². The van der Waals surface area contributed by atoms with E-state index in [-0.39, 0.29) is 6.04 Å². The highest BCUT2D eigenvalue weighted by molar-refractivity contribution is 5.87. The van der Waals surface area contributed by atoms with Crippen LogP contribution in [-0.2, 0) is 11.2 Å². The minimum Gasteiger partial charge on any atom is -0.496 e. The van der Waals surface area contributed by atoms with Crippen LogP contribution in [0.25, 0.3) is 10.9 Å². The van der Waals surface area contributed by atoms with E-state index in [0.717, 1.165) is 38.5 Å². The zero-order valence-electron chi connectivity index (χ0n) is 15.5. The van der Waals surface area contributed by atoms with E-state index in [4.69, 9.17) is 9.47 Å². The number of morpholine rings is 1. The predicted octanol–water partition coefficient (Wildman–Crippen LogP) is 4.16. The van der Waals surface area contributed by atoms with E-state index < -0.39 is 0 Å². The number of aromatic amines is 1. The Morgan fingerprint density at radius 1 is 1.08 bits per heavy atom. The molecular weight excluding hydrogens is 324 g/mol. The van der Waals surface area contributed by atoms with Gasteiger partial charge in [0.05, 0.1) is 26.4 Å². The van der Waals surface area contributed by atoms with Crippen LogP contribution < -0.4 is 4.74 Å². The molecule has 1 atom stereocenters. The Hall–Kier alpha value is -2.30. The fourth-order valence-corrected chi connectivity index (χ4v) is 4.05. The zero-order chi connectivity index (χ0) is 17.9. The molecule has 1 aliphatic rings. The smallest absolute Gasteiger partial charge is 0.123 e. The molecule has 1 fully saturated rings. The summed E-state index contributed by atoms with van der Waals surface area (Å²) in [4.78, 5) is 6.04. The number of aryl methyl sites for hydroxylation is 1. The number of nitrogens with zero attached hydrogens (tertiary/aromatic N) is 1. The first-order valence-corrected chi connectivity index (χ1v) is 9.37. The molecule has 26 heavy (non-hydrogen) atoms. The van der Waals surface area contributed by atoms with E-state index in [0.29, 0.717) is 0 Å². The Labute approximate surface area is 154 Å². The second-order valence-electron chi connectivity index (χ2n) is 6.73. The highest BCUT2D eigenvalue weighted by atomic mass is 16.5. The lowest BCUT2D eigenvalue weighted by Gasteiger charge is -2.35. The van der Waals surface area contributed by atoms with Gasteiger partial charge in [0.15, 0.2) is 0 Å². The number of nitrogens with one attached hydrogen (secondary N) is 1. The van der Waals surface area contributed by atoms with E-state index in [9.17, 15) is 0 Å². The van der Waals surface area contributed by atoms with Gasteiger partial charge < -0.3 is 14.5 Å². The van der Waals surface area contributed by atoms with Gasteiger partial charge in [0.1, 0.15) is 5.75 Å². The van der Waals surface area contributed by atoms with Gasteiger partial charge in [-0.15, -0.1) is 0 Å². The Morgan fingerprint density at radius 2 is 1.88 bits per heavy atom. The summed E-state index contributed by atoms with van der Waals surface area (Å²) < 4.78 is 11.3. The molecule has 136 valence electrons. The molecule has 0 bridgehead atoms. The van der Waals surface area contributed by atoms with E-state index in [2.05, 4.69) is 59.4 Å². The molecule has 3 aromatic rings. The maximum absolute atomic E-state index is 5.70. The number of hydrogen-bond acceptors (Lipinski definition) is 3. The van der Waals surface area contributed by atoms with Gasteiger partial charge >= 0.3 is 0 Å². The van der Waals surface area contributed by atoms with Crippen LogP contribution in [0.1, 0.15) is 29.7 Å². The molecule has 2 heterocycles. The molecule has 1 aromatic heterocycles. The van der Waals surface area contributed by atoms with Crippen LogP contribution in [-0.4, -0.2) is 43.3 Å². The van der Waals surface area contributed by atoms with Crippen molar-refractivity contribution in [3.8, 4) is 5.75 Å². The minimum atomic E-state index is 0.149. The number of methoxy groups -OCH3 is 1. The third kappa shape index (κ3) is 3.00. The van der Waals surface area contributed by atoms with E-state index >= 15 is 0 Å². The summed E-state index contributed by atoms with van der Waals surface area (Å²) in [6.45, 7) is 5.59. The summed E-state index contributed by atoms with van der Waals surface area (Å²) in [6, 6.07) is 15.1. The van der Waals surface area contributed by atoms with E-state index in [1.165, 1.54) is 27.6 Å². The van der Waals surface area contributed by atoms with Crippen molar-refractivity contribution < 1.29 is 9.47 Å². The number of para-hydroxylation sites is 2. The average Bonchev–Trinajstić information content (AvgIpc) is 3.13. The molecule has 4 nitrogen and oxygen atoms in total. The Morgan fingerprint density at radius 3 is 2.65 bits per heavy atom. The molecule has 1 unspecified atom stereocenters. The third-order valence-corrected chi connectivity index (χ3v) is 5.35. The monoisotopic (exact) mass is 350 g/mol. The van der Waals surface area contributed by atoms with Crippen molar-refractivity contribution in [2.24, 2.45) is 0 Å². The Balaban J connectivity index is 1.88. The van der Waals surface area contributed by atoms with Gasteiger partial charge in [0.2, 0.25) is 0 Å². The van der Waals surface area contributed by atoms with Crippen LogP contribution in [0.4, 0.5) is 0 Å². The van der Waals surface area contributed by atoms with Crippen molar-refractivity contribution in [3.63, 3.8) is 0 Å². The molecule has 0 aliphatic carbocycles. The maximum Gasteiger partial charge on any atom is 0.123 e. The van der Waals surface area contributed by atoms with E-state index in [1.54, 1.807) is 7.11 Å². The SMILES string of the molecule is CCc1cccc2c(C(c3ccccc3OC)N3CCOCC3)c[nH]c12. The summed E-state index contributed by atoms with van der Waals surface area (Å²) in [5, 5.41) is 1.30. The molecular formula is C22H26N2O2. The first-order valence-electron chi connectivity index (χ1n) is 9.37. The standard InChI is InChI=1S/C22H26N2O2/c1-3-16-7-6-9-17-19(15-23-21(16)17)22(24-11-13-26-14-12-24)18-8-4-5-10-20(18)25-2/h4-10,15,22-23H,3,11-14H2,1-2H3. The summed E-state index contributed by atoms with van der Waals surface area (Å²) in [6.07, 6.45) is 3.20. The molecule has 1 N–H and O–H groups in total. The second kappa shape index (κ2) is 7.52. The van der Waals surface area contributed by atoms with Crippen molar-refractivity contribution in [3.05, 3.63) is 65.4 Å². The van der Waals surface area contributed by atoms with Gasteiger partial charge in [-0.1, -0.05) is 43.3 Å². The number of ether oxygens (including phenoxy) is 2. The summed E-state index contributed by atoms with van der Waals surface area (Å²) >= 11 is 0. The summed E-state index contributed by atoms with van der Waals surface area (Å²) in [7, 11) is 1.75. The number of H-pyrrole nitrogens is 1. The molecule has 0 saturated carbocycles. The molecule has 4 rings (SSSR count). The van der Waals surface area contributed by atoms with Crippen LogP contribution in [0.3, 0.4) is 0 Å². The fourth-order valence-electron chi connectivity index (χ4n) is 4.05. The van der Waals surface area contributed by atoms with Gasteiger partial charge in [-0.05, 0) is 23.6 Å². The molecule has 1 saturated heterocycles. The number of hydrogen-bond donors (Lipinski definition) is 1. The molecule has 2 aromatic carbocycles. The third-order valence-electron chi connectivity index (χ3n) is 5.35. The number of benzene rings is 2. The number of aromatic nitrogens is 1. The van der Waals surface area contributed by atoms with Crippen LogP contribution in [0.5, 0.6) is 5.75 Å². The average molecular weight is 350 g/mol. The number of fused-ring (bicyclic) bond motifs is 1. The van der Waals surface area contributed by atoms with Crippen LogP contribution in [0, 0.1) is 0 Å². The minimum absolute atomic E-state index is 0.149. The lowest BCUT2D eigenvalue weighted by Crippen LogP contribution is -2.39. The number of rotatable bonds is 5. The first kappa shape index (κ1) is 17.1. The molecule has 1 aliphatic heterocycles. The highest BCUT2D eigenvalue weighted by Crippen LogP contribution is 2.38. The van der Waals surface area contributed by atoms with Crippen molar-refractivity contribution >= 4 is 10.9 Å². The van der Waals surface area contributed by atoms with Crippen LogP contribution in [0.15, 0.2) is 48.7 Å². The van der Waals surface area contributed by atoms with Crippen molar-refractivity contribution in [1.29, 1.82) is 0 Å². The quantitative estimate of drug-likeness (QED) is 0.751. The van der Waals surface area contributed by atoms with Gasteiger partial charge in [-0.2, -0.15) is 0 Å². The first-order chi connectivity index (χ1) is 12.8. The summed E-state index contributed by atoms with van der Waals surface area (Å²) in [5.74, 6) is 0.935. The Bertz CT molecular complexity index is 881. The second-order valence-corrected chi connectivity index (χ2v) is 6.73. The van der Waals surface area contributed by atoms with Gasteiger partial charge in [0, 0.05) is 35.8 Å². The maximum atomic E-state index is 5.70. The lowest BCUT2D eigenvalue weighted by atomic mass is 9.94. The van der Waals surface area contributed by atoms with Crippen molar-refractivity contribution in [1.82, 2.24) is 9.88 Å². The van der Waals surface area contributed by atoms with Crippen LogP contribution >= 0.6 is 0 Å². The predicted molar refractivity (Wildman–Crippen MR) is 105 cm³/mol. The van der Waals surface area contributed by atoms with Crippen molar-refractivity contribution in [2.75, 3.05) is 33.4 Å². The van der Waals surface area contributed by atoms with Gasteiger partial charge in [-0.25, -0.2) is 0 Å². The molecule has 0 amide bonds. The molecule has 4 heteroatoms. The van der Waals surface area contributed by atoms with Gasteiger partial charge in [-0.3, -0.25) is 4.90 Å². The largest absolute Gasteiger partial charge is 0.496 e. The normalized spacial score (nSPS) is 16.7. The summed E-state index contributed by atoms with van der Waals surface area (Å²) in [5.41, 5.74) is 5.12. The van der Waals surface area contributed by atoms with E-state index in [1.807, 2.05) is 6.07 Å². The molecule has 0 radical (unpaired) electrons. The van der Waals surface area contributed by atoms with Crippen LogP contribution in [0.2, 0.25) is 0 Å². The fraction of sp³-hybridized carbons (Fsp3) is 0.364. The molecule has 0 spiro atoms.